The number of rotatable bonds is 5. The molecule has 0 aliphatic heterocycles. The number of benzene rings is 1. The number of nitrogens with one attached hydrogen (secondary N) is 2. The molecule has 1 aromatic rings. The summed E-state index contributed by atoms with van der Waals surface area (Å²) in [6, 6.07) is 6.27. The monoisotopic (exact) mass is 298 g/mol. The molecule has 0 saturated heterocycles. The normalized spacial score (nSPS) is 10.4. The SMILES string of the molecule is Cc1cc(NCCC(=O)NC(C)C)ccc1Br. The van der Waals surface area contributed by atoms with Crippen LogP contribution >= 0.6 is 15.9 Å². The lowest BCUT2D eigenvalue weighted by atomic mass is 10.2. The van der Waals surface area contributed by atoms with Crippen LogP contribution in [-0.2, 0) is 4.79 Å². The van der Waals surface area contributed by atoms with E-state index in [1.807, 2.05) is 32.9 Å². The van der Waals surface area contributed by atoms with Gasteiger partial charge in [-0.25, -0.2) is 0 Å². The summed E-state index contributed by atoms with van der Waals surface area (Å²) in [6.07, 6.45) is 0.493. The third-order valence-corrected chi connectivity index (χ3v) is 3.18. The molecule has 1 amide bonds. The highest BCUT2D eigenvalue weighted by Crippen LogP contribution is 2.19. The van der Waals surface area contributed by atoms with Crippen molar-refractivity contribution in [1.29, 1.82) is 0 Å². The molecule has 0 fully saturated rings. The van der Waals surface area contributed by atoms with E-state index in [0.717, 1.165) is 10.2 Å². The molecule has 3 nitrogen and oxygen atoms in total. The van der Waals surface area contributed by atoms with Gasteiger partial charge in [-0.05, 0) is 44.5 Å². The second-order valence-electron chi connectivity index (χ2n) is 4.36. The Morgan fingerprint density at radius 2 is 2.12 bits per heavy atom. The summed E-state index contributed by atoms with van der Waals surface area (Å²) in [7, 11) is 0. The highest BCUT2D eigenvalue weighted by molar-refractivity contribution is 9.10. The Morgan fingerprint density at radius 1 is 1.41 bits per heavy atom. The van der Waals surface area contributed by atoms with Crippen LogP contribution in [0.5, 0.6) is 0 Å². The summed E-state index contributed by atoms with van der Waals surface area (Å²) < 4.78 is 1.10. The van der Waals surface area contributed by atoms with Crippen LogP contribution in [0.15, 0.2) is 22.7 Å². The maximum atomic E-state index is 11.4. The van der Waals surface area contributed by atoms with Gasteiger partial charge in [-0.3, -0.25) is 4.79 Å². The Labute approximate surface area is 111 Å². The molecule has 2 N–H and O–H groups in total. The molecule has 0 unspecified atom stereocenters. The topological polar surface area (TPSA) is 41.1 Å². The van der Waals surface area contributed by atoms with Crippen molar-refractivity contribution in [3.63, 3.8) is 0 Å². The molecule has 0 spiro atoms. The van der Waals surface area contributed by atoms with Crippen molar-refractivity contribution in [1.82, 2.24) is 5.32 Å². The standard InChI is InChI=1S/C13H19BrN2O/c1-9(2)16-13(17)6-7-15-11-4-5-12(14)10(3)8-11/h4-5,8-9,15H,6-7H2,1-3H3,(H,16,17). The third kappa shape index (κ3) is 5.22. The predicted octanol–water partition coefficient (Wildman–Crippen LogP) is 3.08. The van der Waals surface area contributed by atoms with Gasteiger partial charge in [0.2, 0.25) is 5.91 Å². The minimum atomic E-state index is 0.0846. The maximum absolute atomic E-state index is 11.4. The van der Waals surface area contributed by atoms with Gasteiger partial charge in [-0.2, -0.15) is 0 Å². The van der Waals surface area contributed by atoms with Crippen LogP contribution in [0.4, 0.5) is 5.69 Å². The molecule has 0 heterocycles. The van der Waals surface area contributed by atoms with Gasteiger partial charge in [-0.15, -0.1) is 0 Å². The van der Waals surface area contributed by atoms with Gasteiger partial charge in [0.1, 0.15) is 0 Å². The van der Waals surface area contributed by atoms with Crippen molar-refractivity contribution in [3.05, 3.63) is 28.2 Å². The van der Waals surface area contributed by atoms with Gasteiger partial charge < -0.3 is 10.6 Å². The number of anilines is 1. The van der Waals surface area contributed by atoms with E-state index in [1.54, 1.807) is 0 Å². The molecule has 0 aliphatic carbocycles. The van der Waals surface area contributed by atoms with Crippen molar-refractivity contribution in [2.24, 2.45) is 0 Å². The van der Waals surface area contributed by atoms with Crippen LogP contribution in [-0.4, -0.2) is 18.5 Å². The summed E-state index contributed by atoms with van der Waals surface area (Å²) in [4.78, 5) is 11.4. The Bertz CT molecular complexity index is 391. The summed E-state index contributed by atoms with van der Waals surface area (Å²) >= 11 is 3.46. The number of carbonyl (C=O) groups is 1. The largest absolute Gasteiger partial charge is 0.385 e. The van der Waals surface area contributed by atoms with Crippen molar-refractivity contribution >= 4 is 27.5 Å². The molecule has 0 atom stereocenters. The second-order valence-corrected chi connectivity index (χ2v) is 5.22. The number of hydrogen-bond donors (Lipinski definition) is 2. The molecular weight excluding hydrogens is 280 g/mol. The van der Waals surface area contributed by atoms with Crippen molar-refractivity contribution in [3.8, 4) is 0 Å². The number of hydrogen-bond acceptors (Lipinski definition) is 2. The smallest absolute Gasteiger partial charge is 0.221 e. The van der Waals surface area contributed by atoms with Crippen LogP contribution in [0, 0.1) is 6.92 Å². The number of halogens is 1. The first-order chi connectivity index (χ1) is 7.99. The number of carbonyl (C=O) groups excluding carboxylic acids is 1. The van der Waals surface area contributed by atoms with E-state index < -0.39 is 0 Å². The minimum Gasteiger partial charge on any atom is -0.385 e. The zero-order valence-corrected chi connectivity index (χ0v) is 12.1. The first-order valence-corrected chi connectivity index (χ1v) is 6.57. The first kappa shape index (κ1) is 14.0. The summed E-state index contributed by atoms with van der Waals surface area (Å²) in [5, 5.41) is 6.10. The van der Waals surface area contributed by atoms with Crippen molar-refractivity contribution in [2.45, 2.75) is 33.2 Å². The highest BCUT2D eigenvalue weighted by Gasteiger charge is 2.03. The molecule has 17 heavy (non-hydrogen) atoms. The highest BCUT2D eigenvalue weighted by atomic mass is 79.9. The lowest BCUT2D eigenvalue weighted by Crippen LogP contribution is -2.31. The Balaban J connectivity index is 2.36. The van der Waals surface area contributed by atoms with Crippen molar-refractivity contribution < 1.29 is 4.79 Å². The quantitative estimate of drug-likeness (QED) is 0.877. The van der Waals surface area contributed by atoms with Gasteiger partial charge in [0.05, 0.1) is 0 Å². The predicted molar refractivity (Wildman–Crippen MR) is 75.3 cm³/mol. The Kier molecular flexibility index (Phi) is 5.48. The fourth-order valence-corrected chi connectivity index (χ4v) is 1.72. The van der Waals surface area contributed by atoms with E-state index in [0.29, 0.717) is 13.0 Å². The molecular formula is C13H19BrN2O. The zero-order chi connectivity index (χ0) is 12.8. The Hall–Kier alpha value is -1.03. The number of aryl methyl sites for hydroxylation is 1. The molecule has 4 heteroatoms. The third-order valence-electron chi connectivity index (χ3n) is 2.29. The van der Waals surface area contributed by atoms with Crippen LogP contribution in [0.1, 0.15) is 25.8 Å². The van der Waals surface area contributed by atoms with E-state index in [2.05, 4.69) is 32.6 Å². The summed E-state index contributed by atoms with van der Waals surface area (Å²) in [5.74, 6) is 0.0846. The van der Waals surface area contributed by atoms with Crippen LogP contribution in [0.2, 0.25) is 0 Å². The maximum Gasteiger partial charge on any atom is 0.221 e. The molecule has 0 radical (unpaired) electrons. The molecule has 0 aliphatic rings. The summed E-state index contributed by atoms with van der Waals surface area (Å²) in [5.41, 5.74) is 2.23. The minimum absolute atomic E-state index is 0.0846. The molecule has 0 bridgehead atoms. The second kappa shape index (κ2) is 6.64. The van der Waals surface area contributed by atoms with E-state index >= 15 is 0 Å². The fourth-order valence-electron chi connectivity index (χ4n) is 1.47. The van der Waals surface area contributed by atoms with Crippen LogP contribution in [0.3, 0.4) is 0 Å². The molecule has 94 valence electrons. The lowest BCUT2D eigenvalue weighted by Gasteiger charge is -2.10. The van der Waals surface area contributed by atoms with E-state index in [1.165, 1.54) is 5.56 Å². The molecule has 0 saturated carbocycles. The van der Waals surface area contributed by atoms with E-state index in [9.17, 15) is 4.79 Å². The van der Waals surface area contributed by atoms with E-state index in [4.69, 9.17) is 0 Å². The van der Waals surface area contributed by atoms with Crippen LogP contribution < -0.4 is 10.6 Å². The van der Waals surface area contributed by atoms with Gasteiger partial charge in [0.25, 0.3) is 0 Å². The van der Waals surface area contributed by atoms with Gasteiger partial charge in [-0.1, -0.05) is 15.9 Å². The average Bonchev–Trinajstić information content (AvgIpc) is 2.22. The summed E-state index contributed by atoms with van der Waals surface area (Å²) in [6.45, 7) is 6.62. The van der Waals surface area contributed by atoms with Gasteiger partial charge in [0.15, 0.2) is 0 Å². The van der Waals surface area contributed by atoms with Gasteiger partial charge >= 0.3 is 0 Å². The molecule has 1 aromatic carbocycles. The Morgan fingerprint density at radius 3 is 2.71 bits per heavy atom. The first-order valence-electron chi connectivity index (χ1n) is 5.78. The molecule has 1 rings (SSSR count). The van der Waals surface area contributed by atoms with Crippen molar-refractivity contribution in [2.75, 3.05) is 11.9 Å². The fraction of sp³-hybridized carbons (Fsp3) is 0.462. The lowest BCUT2D eigenvalue weighted by molar-refractivity contribution is -0.121. The van der Waals surface area contributed by atoms with E-state index in [-0.39, 0.29) is 11.9 Å². The van der Waals surface area contributed by atoms with Crippen LogP contribution in [0.25, 0.3) is 0 Å². The van der Waals surface area contributed by atoms with Gasteiger partial charge in [0, 0.05) is 29.2 Å². The molecule has 0 aromatic heterocycles. The number of amides is 1. The zero-order valence-electron chi connectivity index (χ0n) is 10.5. The average molecular weight is 299 g/mol.